The fourth-order valence-corrected chi connectivity index (χ4v) is 2.51. The topological polar surface area (TPSA) is 96.2 Å². The maximum atomic E-state index is 11.6. The Hall–Kier alpha value is -2.57. The molecule has 0 amide bonds. The summed E-state index contributed by atoms with van der Waals surface area (Å²) >= 11 is 0. The van der Waals surface area contributed by atoms with Gasteiger partial charge in [-0.05, 0) is 42.3 Å². The molecule has 6 heteroatoms. The Morgan fingerprint density at radius 3 is 1.83 bits per heavy atom. The molecular formula is C18H20O6. The molecule has 0 aliphatic carbocycles. The maximum absolute atomic E-state index is 11.6. The first-order valence-corrected chi connectivity index (χ1v) is 7.29. The van der Waals surface area contributed by atoms with Crippen LogP contribution in [0.3, 0.4) is 0 Å². The molecule has 6 nitrogen and oxygen atoms in total. The Balaban J connectivity index is 2.65. The zero-order chi connectivity index (χ0) is 17.9. The Morgan fingerprint density at radius 1 is 0.875 bits per heavy atom. The van der Waals surface area contributed by atoms with Crippen molar-refractivity contribution in [3.05, 3.63) is 41.0 Å². The third-order valence-corrected chi connectivity index (χ3v) is 3.67. The summed E-state index contributed by atoms with van der Waals surface area (Å²) in [6, 6.07) is 6.26. The summed E-state index contributed by atoms with van der Waals surface area (Å²) in [7, 11) is 3.03. The average molecular weight is 332 g/mol. The standard InChI is InChI=1S/C18H20O6/c1-10(19)15-6-12(7-16(20)18(15)22)11-4-13(8-23-2)17(21)14(5-11)9-24-3/h4-7,20-22H,8-9H2,1-3H3. The first-order chi connectivity index (χ1) is 11.4. The lowest BCUT2D eigenvalue weighted by molar-refractivity contribution is 0.101. The number of rotatable bonds is 6. The van der Waals surface area contributed by atoms with Crippen LogP contribution in [0.15, 0.2) is 24.3 Å². The number of hydrogen-bond acceptors (Lipinski definition) is 6. The highest BCUT2D eigenvalue weighted by Crippen LogP contribution is 2.37. The molecule has 0 aliphatic heterocycles. The van der Waals surface area contributed by atoms with E-state index in [1.165, 1.54) is 33.3 Å². The number of methoxy groups -OCH3 is 2. The van der Waals surface area contributed by atoms with E-state index in [0.717, 1.165) is 0 Å². The van der Waals surface area contributed by atoms with Crippen molar-refractivity contribution in [2.45, 2.75) is 20.1 Å². The minimum absolute atomic E-state index is 0.0275. The van der Waals surface area contributed by atoms with Gasteiger partial charge in [0.15, 0.2) is 17.3 Å². The quantitative estimate of drug-likeness (QED) is 0.556. The normalized spacial score (nSPS) is 10.8. The number of Topliss-reactive ketones (excluding diaryl/α,β-unsaturated/α-hetero) is 1. The first-order valence-electron chi connectivity index (χ1n) is 7.29. The zero-order valence-corrected chi connectivity index (χ0v) is 13.8. The molecule has 0 saturated heterocycles. The van der Waals surface area contributed by atoms with Crippen LogP contribution in [0.25, 0.3) is 11.1 Å². The van der Waals surface area contributed by atoms with Gasteiger partial charge >= 0.3 is 0 Å². The number of phenols is 3. The molecule has 0 aromatic heterocycles. The van der Waals surface area contributed by atoms with Crippen LogP contribution in [0.4, 0.5) is 0 Å². The van der Waals surface area contributed by atoms with Crippen LogP contribution in [0, 0.1) is 0 Å². The van der Waals surface area contributed by atoms with Gasteiger partial charge < -0.3 is 24.8 Å². The van der Waals surface area contributed by atoms with Gasteiger partial charge in [-0.25, -0.2) is 0 Å². The predicted octanol–water partition coefficient (Wildman–Crippen LogP) is 2.97. The van der Waals surface area contributed by atoms with Gasteiger partial charge in [0.25, 0.3) is 0 Å². The van der Waals surface area contributed by atoms with E-state index in [1.54, 1.807) is 12.1 Å². The molecule has 0 spiro atoms. The van der Waals surface area contributed by atoms with E-state index in [9.17, 15) is 20.1 Å². The molecule has 2 aromatic rings. The number of ketones is 1. The molecule has 0 saturated carbocycles. The fourth-order valence-electron chi connectivity index (χ4n) is 2.51. The van der Waals surface area contributed by atoms with Crippen molar-refractivity contribution in [1.29, 1.82) is 0 Å². The van der Waals surface area contributed by atoms with E-state index in [0.29, 0.717) is 22.3 Å². The van der Waals surface area contributed by atoms with Crippen molar-refractivity contribution < 1.29 is 29.6 Å². The van der Waals surface area contributed by atoms with Crippen LogP contribution < -0.4 is 0 Å². The summed E-state index contributed by atoms with van der Waals surface area (Å²) in [6.07, 6.45) is 0. The van der Waals surface area contributed by atoms with E-state index in [4.69, 9.17) is 9.47 Å². The van der Waals surface area contributed by atoms with Gasteiger partial charge in [-0.15, -0.1) is 0 Å². The van der Waals surface area contributed by atoms with Gasteiger partial charge in [0.05, 0.1) is 18.8 Å². The summed E-state index contributed by atoms with van der Waals surface area (Å²) in [6.45, 7) is 1.70. The van der Waals surface area contributed by atoms with Crippen LogP contribution in [0.1, 0.15) is 28.4 Å². The molecule has 2 rings (SSSR count). The lowest BCUT2D eigenvalue weighted by Crippen LogP contribution is -1.98. The van der Waals surface area contributed by atoms with E-state index in [2.05, 4.69) is 0 Å². The van der Waals surface area contributed by atoms with E-state index < -0.39 is 5.75 Å². The average Bonchev–Trinajstić information content (AvgIpc) is 2.53. The number of carbonyl (C=O) groups is 1. The summed E-state index contributed by atoms with van der Waals surface area (Å²) in [5, 5.41) is 30.0. The second-order valence-electron chi connectivity index (χ2n) is 5.46. The van der Waals surface area contributed by atoms with Gasteiger partial charge in [0.2, 0.25) is 0 Å². The van der Waals surface area contributed by atoms with Crippen LogP contribution in [-0.4, -0.2) is 35.3 Å². The Morgan fingerprint density at radius 2 is 1.38 bits per heavy atom. The van der Waals surface area contributed by atoms with Gasteiger partial charge in [-0.1, -0.05) is 0 Å². The van der Waals surface area contributed by atoms with Crippen molar-refractivity contribution in [2.75, 3.05) is 14.2 Å². The molecule has 0 bridgehead atoms. The van der Waals surface area contributed by atoms with Crippen LogP contribution in [-0.2, 0) is 22.7 Å². The molecule has 0 heterocycles. The van der Waals surface area contributed by atoms with Gasteiger partial charge in [-0.3, -0.25) is 4.79 Å². The molecule has 2 aromatic carbocycles. The molecule has 24 heavy (non-hydrogen) atoms. The van der Waals surface area contributed by atoms with Gasteiger partial charge in [0.1, 0.15) is 5.75 Å². The highest BCUT2D eigenvalue weighted by Gasteiger charge is 2.16. The summed E-state index contributed by atoms with van der Waals surface area (Å²) in [5.74, 6) is -1.11. The Labute approximate surface area is 139 Å². The summed E-state index contributed by atoms with van der Waals surface area (Å²) in [4.78, 5) is 11.6. The molecule has 3 N–H and O–H groups in total. The predicted molar refractivity (Wildman–Crippen MR) is 88.3 cm³/mol. The van der Waals surface area contributed by atoms with Crippen molar-refractivity contribution in [1.82, 2.24) is 0 Å². The number of benzene rings is 2. The van der Waals surface area contributed by atoms with Crippen molar-refractivity contribution in [3.8, 4) is 28.4 Å². The van der Waals surface area contributed by atoms with E-state index in [1.807, 2.05) is 0 Å². The molecule has 0 unspecified atom stereocenters. The van der Waals surface area contributed by atoms with Gasteiger partial charge in [-0.2, -0.15) is 0 Å². The molecule has 0 radical (unpaired) electrons. The monoisotopic (exact) mass is 332 g/mol. The summed E-state index contributed by atoms with van der Waals surface area (Å²) in [5.41, 5.74) is 2.33. The number of aromatic hydroxyl groups is 3. The number of phenolic OH excluding ortho intramolecular Hbond substituents is 3. The van der Waals surface area contributed by atoms with E-state index in [-0.39, 0.29) is 36.1 Å². The minimum atomic E-state index is -0.445. The third-order valence-electron chi connectivity index (χ3n) is 3.67. The van der Waals surface area contributed by atoms with Crippen molar-refractivity contribution in [2.24, 2.45) is 0 Å². The lowest BCUT2D eigenvalue weighted by Gasteiger charge is -2.14. The first kappa shape index (κ1) is 17.8. The van der Waals surface area contributed by atoms with Crippen LogP contribution in [0.2, 0.25) is 0 Å². The maximum Gasteiger partial charge on any atom is 0.168 e. The molecule has 0 aliphatic rings. The molecule has 0 atom stereocenters. The van der Waals surface area contributed by atoms with Gasteiger partial charge in [0, 0.05) is 25.3 Å². The number of hydrogen-bond donors (Lipinski definition) is 3. The van der Waals surface area contributed by atoms with Crippen LogP contribution in [0.5, 0.6) is 17.2 Å². The number of carbonyl (C=O) groups excluding carboxylic acids is 1. The van der Waals surface area contributed by atoms with Crippen LogP contribution >= 0.6 is 0 Å². The van der Waals surface area contributed by atoms with Crippen molar-refractivity contribution in [3.63, 3.8) is 0 Å². The second kappa shape index (κ2) is 7.33. The molecule has 0 fully saturated rings. The zero-order valence-electron chi connectivity index (χ0n) is 13.8. The lowest BCUT2D eigenvalue weighted by atomic mass is 9.96. The highest BCUT2D eigenvalue weighted by atomic mass is 16.5. The SMILES string of the molecule is COCc1cc(-c2cc(O)c(O)c(C(C)=O)c2)cc(COC)c1O. The fraction of sp³-hybridized carbons (Fsp3) is 0.278. The summed E-state index contributed by atoms with van der Waals surface area (Å²) < 4.78 is 10.2. The second-order valence-corrected chi connectivity index (χ2v) is 5.46. The largest absolute Gasteiger partial charge is 0.507 e. The Bertz CT molecular complexity index is 739. The molecular weight excluding hydrogens is 312 g/mol. The number of ether oxygens (including phenoxy) is 2. The smallest absolute Gasteiger partial charge is 0.168 e. The van der Waals surface area contributed by atoms with E-state index >= 15 is 0 Å². The Kier molecular flexibility index (Phi) is 5.43. The third kappa shape index (κ3) is 3.50. The minimum Gasteiger partial charge on any atom is -0.507 e. The molecule has 128 valence electrons. The van der Waals surface area contributed by atoms with Crippen molar-refractivity contribution >= 4 is 5.78 Å². The highest BCUT2D eigenvalue weighted by molar-refractivity contribution is 5.99.